The van der Waals surface area contributed by atoms with Gasteiger partial charge in [-0.15, -0.1) is 0 Å². The number of phosphoric acid groups is 2. The average molecular weight is 1490 g/mol. The van der Waals surface area contributed by atoms with E-state index in [2.05, 4.69) is 41.5 Å². The van der Waals surface area contributed by atoms with Gasteiger partial charge in [0.25, 0.3) is 0 Å². The predicted molar refractivity (Wildman–Crippen MR) is 418 cm³/mol. The second-order valence-corrected chi connectivity index (χ2v) is 33.7. The van der Waals surface area contributed by atoms with Gasteiger partial charge in [0.05, 0.1) is 26.4 Å². The molecule has 2 unspecified atom stereocenters. The number of rotatable bonds is 82. The Morgan fingerprint density at radius 3 is 0.667 bits per heavy atom. The molecule has 0 aliphatic rings. The highest BCUT2D eigenvalue weighted by Gasteiger charge is 2.30. The molecule has 0 spiro atoms. The van der Waals surface area contributed by atoms with Crippen molar-refractivity contribution in [2.75, 3.05) is 39.6 Å². The van der Waals surface area contributed by atoms with E-state index in [1.54, 1.807) is 0 Å². The first-order valence-corrected chi connectivity index (χ1v) is 46.0. The summed E-state index contributed by atoms with van der Waals surface area (Å²) in [6, 6.07) is 0. The summed E-state index contributed by atoms with van der Waals surface area (Å²) in [5.74, 6) is -0.518. The molecule has 606 valence electrons. The van der Waals surface area contributed by atoms with Gasteiger partial charge in [0.2, 0.25) is 0 Å². The lowest BCUT2D eigenvalue weighted by Gasteiger charge is -2.21. The van der Waals surface area contributed by atoms with Gasteiger partial charge in [-0.2, -0.15) is 0 Å². The van der Waals surface area contributed by atoms with Crippen molar-refractivity contribution in [1.29, 1.82) is 0 Å². The second-order valence-electron chi connectivity index (χ2n) is 30.8. The van der Waals surface area contributed by atoms with Crippen molar-refractivity contribution in [3.05, 3.63) is 0 Å². The van der Waals surface area contributed by atoms with Crippen molar-refractivity contribution in [3.8, 4) is 0 Å². The minimum atomic E-state index is -4.96. The molecule has 0 aliphatic heterocycles. The summed E-state index contributed by atoms with van der Waals surface area (Å²) in [5.41, 5.74) is 0. The van der Waals surface area contributed by atoms with E-state index in [0.717, 1.165) is 102 Å². The molecule has 0 radical (unpaired) electrons. The fraction of sp³-hybridized carbons (Fsp3) is 0.952. The molecule has 0 heterocycles. The van der Waals surface area contributed by atoms with Crippen LogP contribution in [-0.4, -0.2) is 96.7 Å². The normalized spacial score (nSPS) is 13.9. The fourth-order valence-corrected chi connectivity index (χ4v) is 14.5. The lowest BCUT2D eigenvalue weighted by atomic mass is 10.0. The van der Waals surface area contributed by atoms with Gasteiger partial charge in [0, 0.05) is 25.7 Å². The maximum Gasteiger partial charge on any atom is 0.472 e. The number of ether oxygens (including phenoxy) is 4. The van der Waals surface area contributed by atoms with E-state index in [4.69, 9.17) is 37.0 Å². The molecule has 0 amide bonds. The number of aliphatic hydroxyl groups is 1. The third kappa shape index (κ3) is 76.3. The minimum Gasteiger partial charge on any atom is -0.462 e. The number of esters is 4. The molecule has 5 atom stereocenters. The summed E-state index contributed by atoms with van der Waals surface area (Å²) in [7, 11) is -9.92. The van der Waals surface area contributed by atoms with E-state index in [1.807, 2.05) is 0 Å². The zero-order valence-corrected chi connectivity index (χ0v) is 68.7. The number of aliphatic hydroxyl groups excluding tert-OH is 1. The summed E-state index contributed by atoms with van der Waals surface area (Å²) >= 11 is 0. The van der Waals surface area contributed by atoms with Gasteiger partial charge in [-0.05, 0) is 37.5 Å². The number of phosphoric ester groups is 2. The first-order chi connectivity index (χ1) is 49.4. The molecule has 0 bridgehead atoms. The molecular weight excluding hydrogens is 1330 g/mol. The molecule has 3 N–H and O–H groups in total. The van der Waals surface area contributed by atoms with Gasteiger partial charge in [-0.1, -0.05) is 388 Å². The number of carbonyl (C=O) groups excluding carboxylic acids is 4. The number of unbranched alkanes of at least 4 members (excludes halogenated alkanes) is 52. The lowest BCUT2D eigenvalue weighted by Crippen LogP contribution is -2.30. The van der Waals surface area contributed by atoms with Gasteiger partial charge in [0.1, 0.15) is 19.3 Å². The quantitative estimate of drug-likeness (QED) is 0.0222. The molecule has 0 aromatic heterocycles. The van der Waals surface area contributed by atoms with Crippen LogP contribution in [0.5, 0.6) is 0 Å². The SMILES string of the molecule is CCCCCCCCCCCCCCCCCCCC(=O)OC[C@H](COP(=O)(O)OC[C@@H](O)COP(=O)(O)OC[C@@H](COC(=O)CCCCCCCCCCCCC)OC(=O)CCCCCCCCCCCCCCC(C)C)OC(=O)CCCCCCCCCCCCCCCCCCC(C)C. The lowest BCUT2D eigenvalue weighted by molar-refractivity contribution is -0.161. The Labute approximate surface area is 626 Å². The second kappa shape index (κ2) is 74.5. The van der Waals surface area contributed by atoms with Crippen LogP contribution in [0, 0.1) is 11.8 Å². The molecule has 0 aromatic rings. The Morgan fingerprint density at radius 2 is 0.451 bits per heavy atom. The highest BCUT2D eigenvalue weighted by atomic mass is 31.2. The molecule has 17 nitrogen and oxygen atoms in total. The van der Waals surface area contributed by atoms with Crippen molar-refractivity contribution in [2.45, 2.75) is 458 Å². The van der Waals surface area contributed by atoms with Gasteiger partial charge in [-0.3, -0.25) is 37.3 Å². The summed E-state index contributed by atoms with van der Waals surface area (Å²) in [5, 5.41) is 10.7. The Balaban J connectivity index is 5.25. The van der Waals surface area contributed by atoms with E-state index in [9.17, 15) is 43.2 Å². The minimum absolute atomic E-state index is 0.107. The highest BCUT2D eigenvalue weighted by Crippen LogP contribution is 2.45. The summed E-state index contributed by atoms with van der Waals surface area (Å²) in [6.45, 7) is 9.69. The average Bonchev–Trinajstić information content (AvgIpc) is 0.929. The van der Waals surface area contributed by atoms with Gasteiger partial charge in [0.15, 0.2) is 12.2 Å². The van der Waals surface area contributed by atoms with E-state index in [1.165, 1.54) is 257 Å². The largest absolute Gasteiger partial charge is 0.472 e. The summed E-state index contributed by atoms with van der Waals surface area (Å²) in [4.78, 5) is 73.1. The Morgan fingerprint density at radius 1 is 0.265 bits per heavy atom. The zero-order valence-electron chi connectivity index (χ0n) is 66.9. The van der Waals surface area contributed by atoms with E-state index in [0.29, 0.717) is 25.7 Å². The molecule has 0 saturated heterocycles. The van der Waals surface area contributed by atoms with E-state index < -0.39 is 97.5 Å². The van der Waals surface area contributed by atoms with Crippen molar-refractivity contribution in [2.24, 2.45) is 11.8 Å². The predicted octanol–water partition coefficient (Wildman–Crippen LogP) is 25.1. The van der Waals surface area contributed by atoms with Crippen molar-refractivity contribution in [1.82, 2.24) is 0 Å². The number of hydrogen-bond acceptors (Lipinski definition) is 15. The van der Waals surface area contributed by atoms with Crippen molar-refractivity contribution >= 4 is 39.5 Å². The highest BCUT2D eigenvalue weighted by molar-refractivity contribution is 7.47. The molecule has 0 fully saturated rings. The van der Waals surface area contributed by atoms with Crippen molar-refractivity contribution < 1.29 is 80.2 Å². The number of carbonyl (C=O) groups is 4. The van der Waals surface area contributed by atoms with Crippen LogP contribution in [0.1, 0.15) is 440 Å². The zero-order chi connectivity index (χ0) is 74.9. The first-order valence-electron chi connectivity index (χ1n) is 43.0. The monoisotopic (exact) mass is 1490 g/mol. The first kappa shape index (κ1) is 100. The Kier molecular flexibility index (Phi) is 73.1. The Hall–Kier alpha value is -1.94. The van der Waals surface area contributed by atoms with Crippen LogP contribution in [0.2, 0.25) is 0 Å². The summed E-state index contributed by atoms with van der Waals surface area (Å²) < 4.78 is 68.8. The van der Waals surface area contributed by atoms with Crippen LogP contribution in [-0.2, 0) is 65.4 Å². The van der Waals surface area contributed by atoms with Crippen LogP contribution < -0.4 is 0 Å². The third-order valence-electron chi connectivity index (χ3n) is 19.5. The van der Waals surface area contributed by atoms with Crippen LogP contribution >= 0.6 is 15.6 Å². The molecule has 19 heteroatoms. The van der Waals surface area contributed by atoms with E-state index in [-0.39, 0.29) is 25.7 Å². The maximum absolute atomic E-state index is 13.1. The van der Waals surface area contributed by atoms with E-state index >= 15 is 0 Å². The molecule has 0 saturated carbocycles. The van der Waals surface area contributed by atoms with Gasteiger partial charge >= 0.3 is 39.5 Å². The standard InChI is InChI=1S/C83H162O17P2/c1-7-9-11-13-15-17-19-20-21-22-26-29-36-42-48-54-60-66-81(86)94-72-79(99-82(87)67-61-55-49-43-37-30-27-24-23-25-28-34-39-45-51-57-63-75(3)4)74-98-102(91,92)96-70-77(84)69-95-101(89,90)97-73-78(71-93-80(85)65-59-53-47-41-33-18-16-14-12-10-8-2)100-83(88)68-62-56-50-44-38-32-31-35-40-46-52-58-64-76(5)6/h75-79,84H,7-74H2,1-6H3,(H,89,90)(H,91,92)/t77-,78+,79+/m0/s1. The van der Waals surface area contributed by atoms with Gasteiger partial charge in [-0.25, -0.2) is 9.13 Å². The van der Waals surface area contributed by atoms with Crippen LogP contribution in [0.15, 0.2) is 0 Å². The third-order valence-corrected chi connectivity index (χ3v) is 21.4. The van der Waals surface area contributed by atoms with Gasteiger partial charge < -0.3 is 33.8 Å². The summed E-state index contributed by atoms with van der Waals surface area (Å²) in [6.07, 6.45) is 65.1. The van der Waals surface area contributed by atoms with Crippen LogP contribution in [0.3, 0.4) is 0 Å². The van der Waals surface area contributed by atoms with Crippen LogP contribution in [0.4, 0.5) is 0 Å². The molecule has 0 aliphatic carbocycles. The smallest absolute Gasteiger partial charge is 0.462 e. The molecule has 0 rings (SSSR count). The topological polar surface area (TPSA) is 237 Å². The number of hydrogen-bond donors (Lipinski definition) is 3. The van der Waals surface area contributed by atoms with Crippen molar-refractivity contribution in [3.63, 3.8) is 0 Å². The molecular formula is C83H162O17P2. The fourth-order valence-electron chi connectivity index (χ4n) is 12.9. The Bertz CT molecular complexity index is 1960. The maximum atomic E-state index is 13.1. The molecule has 102 heavy (non-hydrogen) atoms. The molecule has 0 aromatic carbocycles. The van der Waals surface area contributed by atoms with Crippen LogP contribution in [0.25, 0.3) is 0 Å².